The highest BCUT2D eigenvalue weighted by atomic mass is 16.5. The summed E-state index contributed by atoms with van der Waals surface area (Å²) in [7, 11) is 0. The van der Waals surface area contributed by atoms with Gasteiger partial charge in [-0.05, 0) is 45.4 Å². The molecule has 100 valence electrons. The third-order valence-electron chi connectivity index (χ3n) is 4.08. The van der Waals surface area contributed by atoms with Crippen LogP contribution in [0.15, 0.2) is 0 Å². The third-order valence-corrected chi connectivity index (χ3v) is 4.08. The van der Waals surface area contributed by atoms with Crippen molar-refractivity contribution >= 4 is 0 Å². The zero-order chi connectivity index (χ0) is 12.1. The van der Waals surface area contributed by atoms with Crippen LogP contribution in [-0.4, -0.2) is 31.5 Å². The molecule has 0 radical (unpaired) electrons. The molecule has 2 saturated heterocycles. The molecule has 0 aromatic carbocycles. The molecule has 4 unspecified atom stereocenters. The molecule has 4 nitrogen and oxygen atoms in total. The summed E-state index contributed by atoms with van der Waals surface area (Å²) in [6, 6.07) is 0.404. The fourth-order valence-corrected chi connectivity index (χ4v) is 3.02. The van der Waals surface area contributed by atoms with E-state index in [4.69, 9.17) is 15.3 Å². The third kappa shape index (κ3) is 3.91. The Bertz CT molecular complexity index is 219. The minimum Gasteiger partial charge on any atom is -0.378 e. The molecular formula is C13H26N2O2. The van der Waals surface area contributed by atoms with Crippen LogP contribution in [0.4, 0.5) is 0 Å². The van der Waals surface area contributed by atoms with Gasteiger partial charge in [-0.25, -0.2) is 0 Å². The van der Waals surface area contributed by atoms with E-state index < -0.39 is 0 Å². The van der Waals surface area contributed by atoms with Gasteiger partial charge in [0.05, 0.1) is 18.8 Å². The molecule has 2 aliphatic rings. The summed E-state index contributed by atoms with van der Waals surface area (Å²) in [5, 5.41) is 0. The molecule has 2 fully saturated rings. The van der Waals surface area contributed by atoms with Crippen molar-refractivity contribution in [3.8, 4) is 0 Å². The van der Waals surface area contributed by atoms with E-state index in [-0.39, 0.29) is 0 Å². The van der Waals surface area contributed by atoms with E-state index in [0.717, 1.165) is 26.1 Å². The van der Waals surface area contributed by atoms with Crippen LogP contribution in [0.1, 0.15) is 45.4 Å². The van der Waals surface area contributed by atoms with Gasteiger partial charge in [0, 0.05) is 18.6 Å². The molecule has 0 aromatic heterocycles. The molecule has 0 amide bonds. The van der Waals surface area contributed by atoms with Crippen LogP contribution in [0.25, 0.3) is 0 Å². The minimum absolute atomic E-state index is 0.397. The van der Waals surface area contributed by atoms with Crippen LogP contribution < -0.4 is 11.3 Å². The Labute approximate surface area is 104 Å². The highest BCUT2D eigenvalue weighted by molar-refractivity contribution is 4.81. The Morgan fingerprint density at radius 3 is 2.88 bits per heavy atom. The van der Waals surface area contributed by atoms with Gasteiger partial charge >= 0.3 is 0 Å². The van der Waals surface area contributed by atoms with E-state index in [1.54, 1.807) is 0 Å². The van der Waals surface area contributed by atoms with Gasteiger partial charge in [-0.1, -0.05) is 0 Å². The Morgan fingerprint density at radius 2 is 2.29 bits per heavy atom. The standard InChI is InChI=1S/C13H26N2O2/c1-10-8-11(9-17-10)13(15-14)6-2-4-12-5-3-7-16-12/h10-13,15H,2-9,14H2,1H3. The van der Waals surface area contributed by atoms with E-state index in [0.29, 0.717) is 24.2 Å². The number of nitrogens with two attached hydrogens (primary N) is 1. The minimum atomic E-state index is 0.397. The molecule has 0 spiro atoms. The summed E-state index contributed by atoms with van der Waals surface area (Å²) >= 11 is 0. The van der Waals surface area contributed by atoms with Gasteiger partial charge < -0.3 is 9.47 Å². The summed E-state index contributed by atoms with van der Waals surface area (Å²) < 4.78 is 11.2. The maximum atomic E-state index is 5.66. The highest BCUT2D eigenvalue weighted by Crippen LogP contribution is 2.25. The first-order valence-corrected chi connectivity index (χ1v) is 6.99. The SMILES string of the molecule is CC1CC(C(CCCC2CCCO2)NN)CO1. The topological polar surface area (TPSA) is 56.5 Å². The molecule has 0 bridgehead atoms. The van der Waals surface area contributed by atoms with E-state index in [2.05, 4.69) is 12.3 Å². The zero-order valence-electron chi connectivity index (χ0n) is 10.9. The van der Waals surface area contributed by atoms with Gasteiger partial charge in [0.2, 0.25) is 0 Å². The lowest BCUT2D eigenvalue weighted by Crippen LogP contribution is -2.41. The summed E-state index contributed by atoms with van der Waals surface area (Å²) in [6.07, 6.45) is 8.03. The summed E-state index contributed by atoms with van der Waals surface area (Å²) in [4.78, 5) is 0. The largest absolute Gasteiger partial charge is 0.378 e. The average molecular weight is 242 g/mol. The number of ether oxygens (including phenoxy) is 2. The van der Waals surface area contributed by atoms with Crippen molar-refractivity contribution in [2.24, 2.45) is 11.8 Å². The summed E-state index contributed by atoms with van der Waals surface area (Å²) in [6.45, 7) is 3.95. The quantitative estimate of drug-likeness (QED) is 0.548. The number of hydrogen-bond acceptors (Lipinski definition) is 4. The molecule has 3 N–H and O–H groups in total. The van der Waals surface area contributed by atoms with E-state index in [1.807, 2.05) is 0 Å². The van der Waals surface area contributed by atoms with Gasteiger partial charge in [-0.2, -0.15) is 0 Å². The van der Waals surface area contributed by atoms with Gasteiger partial charge in [0.15, 0.2) is 0 Å². The van der Waals surface area contributed by atoms with Crippen molar-refractivity contribution in [3.05, 3.63) is 0 Å². The fourth-order valence-electron chi connectivity index (χ4n) is 3.02. The molecule has 2 aliphatic heterocycles. The lowest BCUT2D eigenvalue weighted by atomic mass is 9.92. The first-order valence-electron chi connectivity index (χ1n) is 6.99. The molecule has 2 rings (SSSR count). The number of hydrazine groups is 1. The maximum Gasteiger partial charge on any atom is 0.0576 e. The van der Waals surface area contributed by atoms with E-state index in [1.165, 1.54) is 25.7 Å². The first kappa shape index (κ1) is 13.3. The first-order chi connectivity index (χ1) is 8.29. The van der Waals surface area contributed by atoms with Crippen molar-refractivity contribution in [2.75, 3.05) is 13.2 Å². The van der Waals surface area contributed by atoms with Crippen LogP contribution in [0.3, 0.4) is 0 Å². The van der Waals surface area contributed by atoms with Crippen LogP contribution in [0.5, 0.6) is 0 Å². The molecule has 0 saturated carbocycles. The van der Waals surface area contributed by atoms with Crippen molar-refractivity contribution in [3.63, 3.8) is 0 Å². The molecule has 0 aliphatic carbocycles. The maximum absolute atomic E-state index is 5.66. The van der Waals surface area contributed by atoms with Gasteiger partial charge in [0.1, 0.15) is 0 Å². The van der Waals surface area contributed by atoms with Crippen molar-refractivity contribution in [1.29, 1.82) is 0 Å². The Kier molecular flexibility index (Phi) is 5.22. The second kappa shape index (κ2) is 6.69. The van der Waals surface area contributed by atoms with Crippen LogP contribution in [0, 0.1) is 5.92 Å². The number of nitrogens with one attached hydrogen (secondary N) is 1. The molecule has 4 atom stereocenters. The van der Waals surface area contributed by atoms with E-state index >= 15 is 0 Å². The second-order valence-electron chi connectivity index (χ2n) is 5.48. The normalized spacial score (nSPS) is 35.3. The van der Waals surface area contributed by atoms with Crippen molar-refractivity contribution in [1.82, 2.24) is 5.43 Å². The molecule has 17 heavy (non-hydrogen) atoms. The fraction of sp³-hybridized carbons (Fsp3) is 1.00. The van der Waals surface area contributed by atoms with Gasteiger partial charge in [-0.15, -0.1) is 0 Å². The lowest BCUT2D eigenvalue weighted by molar-refractivity contribution is 0.0992. The monoisotopic (exact) mass is 242 g/mol. The number of hydrogen-bond donors (Lipinski definition) is 2. The average Bonchev–Trinajstić information content (AvgIpc) is 2.96. The predicted octanol–water partition coefficient (Wildman–Crippen LogP) is 1.59. The molecule has 0 aromatic rings. The molecular weight excluding hydrogens is 216 g/mol. The van der Waals surface area contributed by atoms with Crippen molar-refractivity contribution < 1.29 is 9.47 Å². The Morgan fingerprint density at radius 1 is 1.41 bits per heavy atom. The van der Waals surface area contributed by atoms with Gasteiger partial charge in [0.25, 0.3) is 0 Å². The van der Waals surface area contributed by atoms with Gasteiger partial charge in [-0.3, -0.25) is 11.3 Å². The summed E-state index contributed by atoms with van der Waals surface area (Å²) in [5.74, 6) is 6.24. The second-order valence-corrected chi connectivity index (χ2v) is 5.48. The smallest absolute Gasteiger partial charge is 0.0576 e. The summed E-state index contributed by atoms with van der Waals surface area (Å²) in [5.41, 5.74) is 2.97. The van der Waals surface area contributed by atoms with Crippen LogP contribution in [0.2, 0.25) is 0 Å². The lowest BCUT2D eigenvalue weighted by Gasteiger charge is -2.22. The van der Waals surface area contributed by atoms with Crippen molar-refractivity contribution in [2.45, 2.75) is 63.7 Å². The molecule has 4 heteroatoms. The van der Waals surface area contributed by atoms with E-state index in [9.17, 15) is 0 Å². The molecule has 2 heterocycles. The zero-order valence-corrected chi connectivity index (χ0v) is 10.9. The Hall–Kier alpha value is -0.160. The number of rotatable bonds is 6. The van der Waals surface area contributed by atoms with Crippen LogP contribution in [-0.2, 0) is 9.47 Å². The highest BCUT2D eigenvalue weighted by Gasteiger charge is 2.28. The van der Waals surface area contributed by atoms with Crippen LogP contribution >= 0.6 is 0 Å². The Balaban J connectivity index is 1.64. The predicted molar refractivity (Wildman–Crippen MR) is 67.5 cm³/mol.